The second-order valence-corrected chi connectivity index (χ2v) is 10.8. The Morgan fingerprint density at radius 1 is 1.17 bits per heavy atom. The number of benzene rings is 1. The number of rotatable bonds is 5. The first-order valence-corrected chi connectivity index (χ1v) is 12.2. The van der Waals surface area contributed by atoms with E-state index in [1.54, 1.807) is 0 Å². The average molecular weight is 473 g/mol. The maximum Gasteiger partial charge on any atom is 0.260 e. The summed E-state index contributed by atoms with van der Waals surface area (Å²) >= 11 is 0. The molecule has 0 bridgehead atoms. The van der Waals surface area contributed by atoms with Crippen LogP contribution in [-0.2, 0) is 5.54 Å². The van der Waals surface area contributed by atoms with E-state index in [0.29, 0.717) is 34.4 Å². The lowest BCUT2D eigenvalue weighted by Gasteiger charge is -2.20. The van der Waals surface area contributed by atoms with Gasteiger partial charge in [-0.2, -0.15) is 10.1 Å². The summed E-state index contributed by atoms with van der Waals surface area (Å²) in [5.74, 6) is 1.37. The zero-order chi connectivity index (χ0) is 25.1. The number of carbonyl (C=O) groups is 1. The van der Waals surface area contributed by atoms with Crippen LogP contribution in [0.1, 0.15) is 92.4 Å². The van der Waals surface area contributed by atoms with Crippen LogP contribution in [0, 0.1) is 13.8 Å². The molecule has 4 aromatic rings. The number of fused-ring (bicyclic) bond motifs is 1. The normalized spacial score (nSPS) is 14.2. The molecule has 0 aliphatic heterocycles. The van der Waals surface area contributed by atoms with Crippen LogP contribution in [0.3, 0.4) is 0 Å². The van der Waals surface area contributed by atoms with Crippen molar-refractivity contribution in [3.8, 4) is 11.5 Å². The molecular formula is C27H32N6O2. The van der Waals surface area contributed by atoms with E-state index in [-0.39, 0.29) is 17.4 Å². The number of nitrogens with zero attached hydrogens (tertiary/aromatic N) is 5. The first-order valence-electron chi connectivity index (χ1n) is 12.2. The summed E-state index contributed by atoms with van der Waals surface area (Å²) in [5.41, 5.74) is 5.11. The lowest BCUT2D eigenvalue weighted by atomic mass is 10.0. The summed E-state index contributed by atoms with van der Waals surface area (Å²) in [6, 6.07) is 7.71. The summed E-state index contributed by atoms with van der Waals surface area (Å²) in [5, 5.41) is 12.8. The van der Waals surface area contributed by atoms with Gasteiger partial charge in [-0.05, 0) is 65.2 Å². The van der Waals surface area contributed by atoms with Gasteiger partial charge in [-0.3, -0.25) is 4.79 Å². The van der Waals surface area contributed by atoms with Crippen LogP contribution in [0.2, 0.25) is 0 Å². The minimum Gasteiger partial charge on any atom is -0.334 e. The average Bonchev–Trinajstić information content (AvgIpc) is 3.42. The van der Waals surface area contributed by atoms with Gasteiger partial charge in [-0.15, -0.1) is 0 Å². The molecule has 5 rings (SSSR count). The largest absolute Gasteiger partial charge is 0.334 e. The van der Waals surface area contributed by atoms with E-state index in [9.17, 15) is 4.79 Å². The molecule has 3 aromatic heterocycles. The third kappa shape index (κ3) is 4.22. The fraction of sp³-hybridized carbons (Fsp3) is 0.444. The van der Waals surface area contributed by atoms with Crippen LogP contribution >= 0.6 is 0 Å². The number of nitrogens with one attached hydrogen (secondary N) is 1. The fourth-order valence-corrected chi connectivity index (χ4v) is 4.31. The van der Waals surface area contributed by atoms with Crippen LogP contribution in [0.15, 0.2) is 28.8 Å². The molecule has 8 heteroatoms. The van der Waals surface area contributed by atoms with Gasteiger partial charge in [0.05, 0.1) is 33.4 Å². The van der Waals surface area contributed by atoms with E-state index in [1.807, 2.05) is 56.6 Å². The lowest BCUT2D eigenvalue weighted by Crippen LogP contribution is -2.24. The van der Waals surface area contributed by atoms with Crippen LogP contribution in [-0.4, -0.2) is 30.8 Å². The van der Waals surface area contributed by atoms with Crippen molar-refractivity contribution in [2.24, 2.45) is 0 Å². The number of aromatic nitrogens is 5. The van der Waals surface area contributed by atoms with E-state index in [4.69, 9.17) is 14.6 Å². The van der Waals surface area contributed by atoms with Gasteiger partial charge in [0.25, 0.3) is 11.8 Å². The number of aryl methyl sites for hydroxylation is 2. The molecule has 1 fully saturated rings. The third-order valence-corrected chi connectivity index (χ3v) is 6.41. The van der Waals surface area contributed by atoms with Gasteiger partial charge in [0.1, 0.15) is 0 Å². The molecule has 1 aromatic carbocycles. The number of pyridine rings is 1. The van der Waals surface area contributed by atoms with Crippen molar-refractivity contribution in [3.05, 3.63) is 52.6 Å². The Balaban J connectivity index is 1.61. The maximum atomic E-state index is 13.8. The van der Waals surface area contributed by atoms with Crippen molar-refractivity contribution in [2.75, 3.05) is 5.32 Å². The minimum atomic E-state index is -0.259. The first kappa shape index (κ1) is 23.2. The molecule has 1 N–H and O–H groups in total. The van der Waals surface area contributed by atoms with E-state index in [2.05, 4.69) is 36.2 Å². The predicted octanol–water partition coefficient (Wildman–Crippen LogP) is 6.11. The van der Waals surface area contributed by atoms with Crippen molar-refractivity contribution < 1.29 is 9.32 Å². The molecule has 0 radical (unpaired) electrons. The maximum absolute atomic E-state index is 13.8. The van der Waals surface area contributed by atoms with Crippen LogP contribution in [0.5, 0.6) is 0 Å². The Morgan fingerprint density at radius 2 is 1.91 bits per heavy atom. The molecule has 8 nitrogen and oxygen atoms in total. The van der Waals surface area contributed by atoms with Gasteiger partial charge in [-0.1, -0.05) is 31.1 Å². The highest BCUT2D eigenvalue weighted by atomic mass is 16.5. The van der Waals surface area contributed by atoms with Crippen molar-refractivity contribution in [1.29, 1.82) is 0 Å². The van der Waals surface area contributed by atoms with Crippen LogP contribution < -0.4 is 5.32 Å². The number of hydrogen-bond acceptors (Lipinski definition) is 6. The second-order valence-electron chi connectivity index (χ2n) is 10.8. The number of anilines is 1. The summed E-state index contributed by atoms with van der Waals surface area (Å²) < 4.78 is 7.48. The number of carbonyl (C=O) groups excluding carboxylic acids is 1. The molecule has 0 unspecified atom stereocenters. The summed E-state index contributed by atoms with van der Waals surface area (Å²) in [4.78, 5) is 23.4. The van der Waals surface area contributed by atoms with Crippen molar-refractivity contribution in [3.63, 3.8) is 0 Å². The monoisotopic (exact) mass is 472 g/mol. The molecule has 0 spiro atoms. The quantitative estimate of drug-likeness (QED) is 0.376. The topological polar surface area (TPSA) is 98.7 Å². The number of para-hydroxylation sites is 1. The van der Waals surface area contributed by atoms with Gasteiger partial charge >= 0.3 is 0 Å². The highest BCUT2D eigenvalue weighted by Crippen LogP contribution is 2.41. The fourth-order valence-electron chi connectivity index (χ4n) is 4.31. The van der Waals surface area contributed by atoms with Gasteiger partial charge in [0, 0.05) is 17.5 Å². The summed E-state index contributed by atoms with van der Waals surface area (Å²) in [6.45, 7) is 14.2. The van der Waals surface area contributed by atoms with E-state index < -0.39 is 0 Å². The van der Waals surface area contributed by atoms with Crippen LogP contribution in [0.4, 0.5) is 5.69 Å². The Labute approximate surface area is 205 Å². The molecule has 35 heavy (non-hydrogen) atoms. The molecule has 3 heterocycles. The van der Waals surface area contributed by atoms with Crippen molar-refractivity contribution >= 4 is 22.6 Å². The van der Waals surface area contributed by atoms with E-state index >= 15 is 0 Å². The van der Waals surface area contributed by atoms with E-state index in [1.165, 1.54) is 0 Å². The molecular weight excluding hydrogens is 440 g/mol. The Morgan fingerprint density at radius 3 is 2.54 bits per heavy atom. The van der Waals surface area contributed by atoms with Crippen molar-refractivity contribution in [2.45, 2.75) is 78.7 Å². The molecule has 1 amide bonds. The SMILES string of the molecule is Cc1cccc(-c2nc(C(C)C)no2)c1NC(=O)c1cc(C2CC2)nc2c1c(C)nn2C(C)(C)C. The Hall–Kier alpha value is -3.55. The van der Waals surface area contributed by atoms with Gasteiger partial charge in [0.2, 0.25) is 0 Å². The molecule has 1 saturated carbocycles. The summed E-state index contributed by atoms with van der Waals surface area (Å²) in [6.07, 6.45) is 2.19. The zero-order valence-electron chi connectivity index (χ0n) is 21.4. The first-order chi connectivity index (χ1) is 16.5. The Kier molecular flexibility index (Phi) is 5.49. The molecule has 1 aliphatic carbocycles. The Bertz CT molecular complexity index is 1440. The predicted molar refractivity (Wildman–Crippen MR) is 136 cm³/mol. The number of hydrogen-bond donors (Lipinski definition) is 1. The van der Waals surface area contributed by atoms with Gasteiger partial charge < -0.3 is 9.84 Å². The van der Waals surface area contributed by atoms with E-state index in [0.717, 1.165) is 40.8 Å². The highest BCUT2D eigenvalue weighted by molar-refractivity contribution is 6.14. The minimum absolute atomic E-state index is 0.142. The van der Waals surface area contributed by atoms with Crippen molar-refractivity contribution in [1.82, 2.24) is 24.9 Å². The number of amides is 1. The van der Waals surface area contributed by atoms with Crippen LogP contribution in [0.25, 0.3) is 22.5 Å². The molecule has 0 atom stereocenters. The lowest BCUT2D eigenvalue weighted by molar-refractivity contribution is 0.102. The summed E-state index contributed by atoms with van der Waals surface area (Å²) in [7, 11) is 0. The third-order valence-electron chi connectivity index (χ3n) is 6.41. The molecule has 1 aliphatic rings. The zero-order valence-corrected chi connectivity index (χ0v) is 21.4. The standard InChI is InChI=1S/C27H32N6O2/c1-14(2)23-30-26(35-32-23)18-10-8-9-15(3)22(18)29-25(34)19-13-20(17-11-12-17)28-24-21(19)16(4)31-33(24)27(5,6)7/h8-10,13-14,17H,11-12H2,1-7H3,(H,29,34). The molecule has 182 valence electrons. The van der Waals surface area contributed by atoms with Gasteiger partial charge in [0.15, 0.2) is 11.5 Å². The van der Waals surface area contributed by atoms with Gasteiger partial charge in [-0.25, -0.2) is 9.67 Å². The smallest absolute Gasteiger partial charge is 0.260 e. The second kappa shape index (κ2) is 8.29. The molecule has 0 saturated heterocycles. The highest BCUT2D eigenvalue weighted by Gasteiger charge is 2.31.